The van der Waals surface area contributed by atoms with Crippen molar-refractivity contribution in [3.63, 3.8) is 0 Å². The van der Waals surface area contributed by atoms with Gasteiger partial charge in [0.25, 0.3) is 0 Å². The van der Waals surface area contributed by atoms with Gasteiger partial charge in [-0.2, -0.15) is 0 Å². The first-order valence-electron chi connectivity index (χ1n) is 11.8. The molecule has 3 aliphatic rings. The van der Waals surface area contributed by atoms with E-state index in [1.807, 2.05) is 35.2 Å². The molecule has 37 heavy (non-hydrogen) atoms. The van der Waals surface area contributed by atoms with Crippen molar-refractivity contribution < 1.29 is 19.2 Å². The fraction of sp³-hybridized carbons (Fsp3) is 0.172. The van der Waals surface area contributed by atoms with E-state index >= 15 is 0 Å². The smallest absolute Gasteiger partial charge is 0.240 e. The lowest BCUT2D eigenvalue weighted by Crippen LogP contribution is -2.44. The zero-order chi connectivity index (χ0) is 26.0. The van der Waals surface area contributed by atoms with E-state index in [2.05, 4.69) is 0 Å². The number of amides is 2. The predicted molar refractivity (Wildman–Crippen MR) is 141 cm³/mol. The second-order valence-electron chi connectivity index (χ2n) is 9.44. The van der Waals surface area contributed by atoms with Crippen LogP contribution in [0.3, 0.4) is 0 Å². The molecule has 2 saturated heterocycles. The van der Waals surface area contributed by atoms with Gasteiger partial charge in [-0.15, -0.1) is 0 Å². The predicted octanol–water partition coefficient (Wildman–Crippen LogP) is 5.59. The summed E-state index contributed by atoms with van der Waals surface area (Å²) in [5, 5.41) is 0.579. The molecule has 0 radical (unpaired) electrons. The molecular weight excluding hydrogens is 511 g/mol. The van der Waals surface area contributed by atoms with Crippen molar-refractivity contribution in [1.29, 1.82) is 0 Å². The summed E-state index contributed by atoms with van der Waals surface area (Å²) in [4.78, 5) is 56.6. The van der Waals surface area contributed by atoms with Crippen molar-refractivity contribution in [3.05, 3.63) is 105 Å². The Labute approximate surface area is 223 Å². The molecule has 3 aromatic carbocycles. The maximum Gasteiger partial charge on any atom is 0.240 e. The molecule has 184 valence electrons. The number of anilines is 1. The quantitative estimate of drug-likeness (QED) is 0.324. The molecule has 3 aromatic rings. The molecular formula is C29H20Cl2N2O4. The van der Waals surface area contributed by atoms with Gasteiger partial charge >= 0.3 is 0 Å². The number of hydrogen-bond donors (Lipinski definition) is 0. The Morgan fingerprint density at radius 1 is 0.865 bits per heavy atom. The zero-order valence-electron chi connectivity index (χ0n) is 19.6. The highest BCUT2D eigenvalue weighted by molar-refractivity contribution is 6.37. The lowest BCUT2D eigenvalue weighted by Gasteiger charge is -2.35. The largest absolute Gasteiger partial charge is 0.358 e. The number of nitrogens with zero attached hydrogens (tertiary/aromatic N) is 2. The molecule has 0 N–H and O–H groups in total. The molecule has 3 aliphatic heterocycles. The van der Waals surface area contributed by atoms with Gasteiger partial charge < -0.3 is 4.90 Å². The van der Waals surface area contributed by atoms with E-state index in [1.165, 1.54) is 13.0 Å². The van der Waals surface area contributed by atoms with E-state index in [9.17, 15) is 19.2 Å². The highest BCUT2D eigenvalue weighted by atomic mass is 35.5. The molecule has 0 aromatic heterocycles. The topological polar surface area (TPSA) is 74.8 Å². The summed E-state index contributed by atoms with van der Waals surface area (Å²) in [5.41, 5.74) is 2.91. The van der Waals surface area contributed by atoms with Crippen LogP contribution in [0.5, 0.6) is 0 Å². The molecule has 0 spiro atoms. The van der Waals surface area contributed by atoms with E-state index in [4.69, 9.17) is 23.2 Å². The normalized spacial score (nSPS) is 23.6. The molecule has 3 heterocycles. The molecule has 6 rings (SSSR count). The Morgan fingerprint density at radius 3 is 2.27 bits per heavy atom. The fourth-order valence-electron chi connectivity index (χ4n) is 5.81. The van der Waals surface area contributed by atoms with Gasteiger partial charge in [0.1, 0.15) is 6.04 Å². The van der Waals surface area contributed by atoms with Gasteiger partial charge in [0.2, 0.25) is 11.8 Å². The zero-order valence-corrected chi connectivity index (χ0v) is 21.1. The number of carbonyl (C=O) groups excluding carboxylic acids is 4. The van der Waals surface area contributed by atoms with Crippen LogP contribution in [-0.2, 0) is 9.59 Å². The summed E-state index contributed by atoms with van der Waals surface area (Å²) in [5.74, 6) is -2.98. The highest BCUT2D eigenvalue weighted by Crippen LogP contribution is 2.54. The minimum Gasteiger partial charge on any atom is -0.358 e. The molecule has 0 saturated carbocycles. The van der Waals surface area contributed by atoms with Crippen LogP contribution < -0.4 is 4.90 Å². The van der Waals surface area contributed by atoms with E-state index in [1.54, 1.807) is 42.6 Å². The minimum absolute atomic E-state index is 0.116. The number of halogens is 2. The van der Waals surface area contributed by atoms with Crippen LogP contribution in [0, 0.1) is 11.8 Å². The maximum atomic E-state index is 14.0. The molecule has 2 amide bonds. The summed E-state index contributed by atoms with van der Waals surface area (Å²) in [6.45, 7) is 1.45. The highest BCUT2D eigenvalue weighted by Gasteiger charge is 2.64. The van der Waals surface area contributed by atoms with Gasteiger partial charge in [0.15, 0.2) is 11.6 Å². The summed E-state index contributed by atoms with van der Waals surface area (Å²) in [6.07, 6.45) is 3.69. The summed E-state index contributed by atoms with van der Waals surface area (Å²) in [7, 11) is 0. The first-order chi connectivity index (χ1) is 17.8. The van der Waals surface area contributed by atoms with Crippen LogP contribution in [0.25, 0.3) is 6.08 Å². The van der Waals surface area contributed by atoms with Crippen LogP contribution in [0.1, 0.15) is 44.8 Å². The van der Waals surface area contributed by atoms with Crippen molar-refractivity contribution in [2.24, 2.45) is 11.8 Å². The summed E-state index contributed by atoms with van der Waals surface area (Å²) in [6, 6.07) is 17.2. The van der Waals surface area contributed by atoms with Gasteiger partial charge in [-0.3, -0.25) is 19.2 Å². The fourth-order valence-corrected chi connectivity index (χ4v) is 6.31. The lowest BCUT2D eigenvalue weighted by atomic mass is 9.83. The Morgan fingerprint density at radius 2 is 1.57 bits per heavy atom. The van der Waals surface area contributed by atoms with E-state index in [0.717, 1.165) is 16.0 Å². The average molecular weight is 531 g/mol. The number of fused-ring (bicyclic) bond motifs is 5. The van der Waals surface area contributed by atoms with Gasteiger partial charge in [0.05, 0.1) is 28.6 Å². The molecule has 0 aliphatic carbocycles. The summed E-state index contributed by atoms with van der Waals surface area (Å²) < 4.78 is 0. The first kappa shape index (κ1) is 23.6. The van der Waals surface area contributed by atoms with E-state index in [0.29, 0.717) is 16.3 Å². The number of Topliss-reactive ketones (excluding diaryl/α,β-unsaturated/α-hetero) is 2. The van der Waals surface area contributed by atoms with Crippen LogP contribution in [0.15, 0.2) is 72.9 Å². The van der Waals surface area contributed by atoms with Gasteiger partial charge in [-0.25, -0.2) is 4.90 Å². The Bertz CT molecular complexity index is 1530. The SMILES string of the molecule is CC(=O)c1ccc(N2C(=O)[C@@H]3[C@H](C2=O)C2c4ccccc4C=CN2[C@@H]3C(=O)c2ccc(Cl)cc2Cl)cc1. The van der Waals surface area contributed by atoms with Crippen molar-refractivity contribution >= 4 is 58.3 Å². The van der Waals surface area contributed by atoms with Crippen LogP contribution >= 0.6 is 23.2 Å². The number of benzene rings is 3. The van der Waals surface area contributed by atoms with Gasteiger partial charge in [-0.05, 0) is 66.6 Å². The van der Waals surface area contributed by atoms with Crippen LogP contribution in [-0.4, -0.2) is 34.3 Å². The van der Waals surface area contributed by atoms with Crippen molar-refractivity contribution in [2.75, 3.05) is 4.90 Å². The van der Waals surface area contributed by atoms with Crippen LogP contribution in [0.4, 0.5) is 5.69 Å². The number of imide groups is 1. The molecule has 2 fully saturated rings. The second-order valence-corrected chi connectivity index (χ2v) is 10.3. The van der Waals surface area contributed by atoms with E-state index < -0.39 is 29.8 Å². The van der Waals surface area contributed by atoms with E-state index in [-0.39, 0.29) is 28.1 Å². The Kier molecular flexibility index (Phi) is 5.55. The summed E-state index contributed by atoms with van der Waals surface area (Å²) >= 11 is 12.5. The molecule has 8 heteroatoms. The third-order valence-electron chi connectivity index (χ3n) is 7.46. The van der Waals surface area contributed by atoms with Crippen LogP contribution in [0.2, 0.25) is 10.0 Å². The van der Waals surface area contributed by atoms with Crippen molar-refractivity contribution in [2.45, 2.75) is 19.0 Å². The third kappa shape index (κ3) is 3.55. The Balaban J connectivity index is 1.48. The monoisotopic (exact) mass is 530 g/mol. The van der Waals surface area contributed by atoms with Crippen molar-refractivity contribution in [3.8, 4) is 0 Å². The lowest BCUT2D eigenvalue weighted by molar-refractivity contribution is -0.123. The molecule has 4 atom stereocenters. The molecule has 1 unspecified atom stereocenters. The number of carbonyl (C=O) groups is 4. The average Bonchev–Trinajstić information content (AvgIpc) is 3.36. The number of ketones is 2. The van der Waals surface area contributed by atoms with Crippen molar-refractivity contribution in [1.82, 2.24) is 4.90 Å². The van der Waals surface area contributed by atoms with Gasteiger partial charge in [-0.1, -0.05) is 47.5 Å². The van der Waals surface area contributed by atoms with Gasteiger partial charge in [0, 0.05) is 22.3 Å². The minimum atomic E-state index is -0.934. The second kappa shape index (κ2) is 8.68. The first-order valence-corrected chi connectivity index (χ1v) is 12.6. The standard InChI is InChI=1S/C29H20Cl2N2O4/c1-15(34)16-6-9-19(10-7-16)33-28(36)23-24(29(33)37)26(27(35)21-11-8-18(30)14-22(21)31)32-13-12-17-4-2-3-5-20(17)25(23)32/h2-14,23-26H,1H3/t23-,24+,25?,26-/m0/s1. The molecule has 0 bridgehead atoms. The third-order valence-corrected chi connectivity index (χ3v) is 8.01. The molecule has 6 nitrogen and oxygen atoms in total. The number of hydrogen-bond acceptors (Lipinski definition) is 5. The number of rotatable bonds is 4. The Hall–Kier alpha value is -3.74. The maximum absolute atomic E-state index is 14.0.